The molecule has 3 N–H and O–H groups in total. The highest BCUT2D eigenvalue weighted by molar-refractivity contribution is 7.89. The molecule has 2 heterocycles. The van der Waals surface area contributed by atoms with Crippen LogP contribution in [0, 0.1) is 0 Å². The molecule has 1 saturated heterocycles. The van der Waals surface area contributed by atoms with Crippen molar-refractivity contribution in [2.24, 2.45) is 0 Å². The van der Waals surface area contributed by atoms with Gasteiger partial charge in [-0.15, -0.1) is 0 Å². The van der Waals surface area contributed by atoms with Gasteiger partial charge in [0.05, 0.1) is 4.90 Å². The predicted octanol–water partition coefficient (Wildman–Crippen LogP) is 0.497. The first kappa shape index (κ1) is 15.5. The lowest BCUT2D eigenvalue weighted by molar-refractivity contribution is 0.248. The Balaban J connectivity index is 1.97. The molecule has 1 aromatic rings. The number of sulfonamides is 1. The Hall–Kier alpha value is -0.890. The lowest BCUT2D eigenvalue weighted by atomic mass is 10.1. The Morgan fingerprint density at radius 3 is 2.75 bits per heavy atom. The quantitative estimate of drug-likeness (QED) is 0.715. The van der Waals surface area contributed by atoms with Crippen LogP contribution in [0.15, 0.2) is 17.2 Å². The lowest BCUT2D eigenvalue weighted by Gasteiger charge is -2.29. The summed E-state index contributed by atoms with van der Waals surface area (Å²) >= 11 is 0. The number of nitrogens with one attached hydrogen (secondary N) is 3. The van der Waals surface area contributed by atoms with Gasteiger partial charge < -0.3 is 15.2 Å². The summed E-state index contributed by atoms with van der Waals surface area (Å²) in [6.45, 7) is 5.40. The zero-order chi connectivity index (χ0) is 14.6. The topological polar surface area (TPSA) is 77.2 Å². The van der Waals surface area contributed by atoms with Crippen LogP contribution in [0.25, 0.3) is 0 Å². The van der Waals surface area contributed by atoms with E-state index in [0.29, 0.717) is 11.4 Å². The van der Waals surface area contributed by atoms with E-state index in [4.69, 9.17) is 0 Å². The summed E-state index contributed by atoms with van der Waals surface area (Å²) in [6.07, 6.45) is 3.29. The van der Waals surface area contributed by atoms with Crippen LogP contribution in [0.1, 0.15) is 25.5 Å². The van der Waals surface area contributed by atoms with Crippen LogP contribution in [-0.4, -0.2) is 51.0 Å². The van der Waals surface area contributed by atoms with Crippen molar-refractivity contribution in [2.45, 2.75) is 37.2 Å². The Morgan fingerprint density at radius 1 is 1.40 bits per heavy atom. The summed E-state index contributed by atoms with van der Waals surface area (Å²) in [7, 11) is -1.35. The molecular formula is C13H24N4O2S. The monoisotopic (exact) mass is 300 g/mol. The summed E-state index contributed by atoms with van der Waals surface area (Å²) < 4.78 is 27.4. The lowest BCUT2D eigenvalue weighted by Crippen LogP contribution is -2.43. The minimum atomic E-state index is -3.41. The van der Waals surface area contributed by atoms with Crippen LogP contribution in [0.3, 0.4) is 0 Å². The van der Waals surface area contributed by atoms with Crippen molar-refractivity contribution in [3.8, 4) is 0 Å². The van der Waals surface area contributed by atoms with Crippen molar-refractivity contribution in [1.82, 2.24) is 19.9 Å². The van der Waals surface area contributed by atoms with Crippen molar-refractivity contribution >= 4 is 10.0 Å². The first-order valence-electron chi connectivity index (χ1n) is 7.10. The average Bonchev–Trinajstić information content (AvgIpc) is 2.88. The van der Waals surface area contributed by atoms with Crippen LogP contribution in [0.4, 0.5) is 0 Å². The molecule has 6 nitrogen and oxygen atoms in total. The van der Waals surface area contributed by atoms with Gasteiger partial charge in [-0.25, -0.2) is 13.1 Å². The molecule has 0 amide bonds. The van der Waals surface area contributed by atoms with Crippen molar-refractivity contribution in [1.29, 1.82) is 0 Å². The van der Waals surface area contributed by atoms with Crippen molar-refractivity contribution in [3.63, 3.8) is 0 Å². The molecule has 1 aliphatic heterocycles. The SMILES string of the molecule is CCNCc1cc(S(=O)(=O)NC2CCN(C)CC2)c[nH]1. The second-order valence-electron chi connectivity index (χ2n) is 5.34. The fourth-order valence-electron chi connectivity index (χ4n) is 2.35. The van der Waals surface area contributed by atoms with E-state index in [2.05, 4.69) is 27.0 Å². The molecular weight excluding hydrogens is 276 g/mol. The van der Waals surface area contributed by atoms with Gasteiger partial charge >= 0.3 is 0 Å². The molecule has 0 atom stereocenters. The zero-order valence-corrected chi connectivity index (χ0v) is 13.0. The number of piperidine rings is 1. The van der Waals surface area contributed by atoms with Gasteiger partial charge in [0.2, 0.25) is 10.0 Å². The molecule has 7 heteroatoms. The van der Waals surface area contributed by atoms with Crippen LogP contribution in [-0.2, 0) is 16.6 Å². The molecule has 114 valence electrons. The number of hydrogen-bond acceptors (Lipinski definition) is 4. The molecule has 1 fully saturated rings. The Morgan fingerprint density at radius 2 is 2.10 bits per heavy atom. The highest BCUT2D eigenvalue weighted by Gasteiger charge is 2.24. The number of aromatic nitrogens is 1. The second-order valence-corrected chi connectivity index (χ2v) is 7.05. The average molecular weight is 300 g/mol. The van der Waals surface area contributed by atoms with Crippen LogP contribution in [0.2, 0.25) is 0 Å². The fourth-order valence-corrected chi connectivity index (χ4v) is 3.67. The number of rotatable bonds is 6. The summed E-state index contributed by atoms with van der Waals surface area (Å²) in [5.74, 6) is 0. The van der Waals surface area contributed by atoms with E-state index in [1.807, 2.05) is 6.92 Å². The number of likely N-dealkylation sites (tertiary alicyclic amines) is 1. The maximum Gasteiger partial charge on any atom is 0.242 e. The van der Waals surface area contributed by atoms with Gasteiger partial charge in [0.1, 0.15) is 0 Å². The molecule has 0 radical (unpaired) electrons. The van der Waals surface area contributed by atoms with Gasteiger partial charge in [0, 0.05) is 24.5 Å². The number of hydrogen-bond donors (Lipinski definition) is 3. The van der Waals surface area contributed by atoms with Gasteiger partial charge in [0.15, 0.2) is 0 Å². The van der Waals surface area contributed by atoms with Crippen molar-refractivity contribution in [3.05, 3.63) is 18.0 Å². The van der Waals surface area contributed by atoms with Crippen molar-refractivity contribution in [2.75, 3.05) is 26.7 Å². The smallest absolute Gasteiger partial charge is 0.242 e. The van der Waals surface area contributed by atoms with Gasteiger partial charge in [-0.1, -0.05) is 6.92 Å². The van der Waals surface area contributed by atoms with Crippen molar-refractivity contribution < 1.29 is 8.42 Å². The van der Waals surface area contributed by atoms with Gasteiger partial charge in [-0.05, 0) is 45.6 Å². The van der Waals surface area contributed by atoms with E-state index >= 15 is 0 Å². The first-order chi connectivity index (χ1) is 9.51. The van der Waals surface area contributed by atoms with Gasteiger partial charge in [-0.3, -0.25) is 0 Å². The minimum Gasteiger partial charge on any atom is -0.363 e. The summed E-state index contributed by atoms with van der Waals surface area (Å²) in [6, 6.07) is 1.74. The van der Waals surface area contributed by atoms with Crippen LogP contribution >= 0.6 is 0 Å². The highest BCUT2D eigenvalue weighted by atomic mass is 32.2. The molecule has 0 saturated carbocycles. The Kier molecular flexibility index (Phi) is 5.20. The largest absolute Gasteiger partial charge is 0.363 e. The maximum atomic E-state index is 12.3. The predicted molar refractivity (Wildman–Crippen MR) is 79.0 cm³/mol. The molecule has 0 spiro atoms. The van der Waals surface area contributed by atoms with E-state index in [1.54, 1.807) is 12.3 Å². The molecule has 2 rings (SSSR count). The van der Waals surface area contributed by atoms with E-state index in [9.17, 15) is 8.42 Å². The Labute approximate surface area is 121 Å². The number of H-pyrrole nitrogens is 1. The fraction of sp³-hybridized carbons (Fsp3) is 0.692. The van der Waals surface area contributed by atoms with Gasteiger partial charge in [0.25, 0.3) is 0 Å². The van der Waals surface area contributed by atoms with E-state index < -0.39 is 10.0 Å². The van der Waals surface area contributed by atoms with Crippen LogP contribution in [0.5, 0.6) is 0 Å². The maximum absolute atomic E-state index is 12.3. The molecule has 0 bridgehead atoms. The van der Waals surface area contributed by atoms with E-state index in [0.717, 1.165) is 38.2 Å². The molecule has 1 aliphatic rings. The molecule has 20 heavy (non-hydrogen) atoms. The third kappa shape index (κ3) is 4.05. The van der Waals surface area contributed by atoms with E-state index in [-0.39, 0.29) is 6.04 Å². The normalized spacial score (nSPS) is 18.5. The minimum absolute atomic E-state index is 0.0447. The summed E-state index contributed by atoms with van der Waals surface area (Å²) in [5, 5.41) is 3.16. The van der Waals surface area contributed by atoms with E-state index in [1.165, 1.54) is 0 Å². The standard InChI is InChI=1S/C13H24N4O2S/c1-3-14-9-12-8-13(10-15-12)20(18,19)16-11-4-6-17(2)7-5-11/h8,10-11,14-16H,3-7,9H2,1-2H3. The molecule has 0 unspecified atom stereocenters. The summed E-state index contributed by atoms with van der Waals surface area (Å²) in [5.41, 5.74) is 0.885. The highest BCUT2D eigenvalue weighted by Crippen LogP contribution is 2.15. The molecule has 0 aromatic carbocycles. The van der Waals surface area contributed by atoms with Gasteiger partial charge in [-0.2, -0.15) is 0 Å². The number of aromatic amines is 1. The number of nitrogens with zero attached hydrogens (tertiary/aromatic N) is 1. The second kappa shape index (κ2) is 6.71. The first-order valence-corrected chi connectivity index (χ1v) is 8.58. The summed E-state index contributed by atoms with van der Waals surface area (Å²) in [4.78, 5) is 5.54. The molecule has 0 aliphatic carbocycles. The zero-order valence-electron chi connectivity index (χ0n) is 12.1. The Bertz CT molecular complexity index is 518. The molecule has 1 aromatic heterocycles. The third-order valence-electron chi connectivity index (χ3n) is 3.63. The third-order valence-corrected chi connectivity index (χ3v) is 5.13. The van der Waals surface area contributed by atoms with Crippen LogP contribution < -0.4 is 10.0 Å².